The molecule has 0 bridgehead atoms. The van der Waals surface area contributed by atoms with Crippen LogP contribution in [-0.4, -0.2) is 43.3 Å². The minimum atomic E-state index is -0.196. The molecule has 27 heavy (non-hydrogen) atoms. The topological polar surface area (TPSA) is 69.7 Å². The predicted octanol–water partition coefficient (Wildman–Crippen LogP) is 2.45. The molecule has 3 amide bonds. The second-order valence-electron chi connectivity index (χ2n) is 6.78. The average Bonchev–Trinajstić information content (AvgIpc) is 3.11. The molecule has 0 atom stereocenters. The van der Waals surface area contributed by atoms with Gasteiger partial charge in [-0.25, -0.2) is 0 Å². The van der Waals surface area contributed by atoms with Crippen LogP contribution in [0.4, 0.5) is 5.69 Å². The minimum absolute atomic E-state index is 0.0739. The zero-order valence-corrected chi connectivity index (χ0v) is 15.6. The van der Waals surface area contributed by atoms with Crippen LogP contribution in [0, 0.1) is 0 Å². The van der Waals surface area contributed by atoms with Crippen LogP contribution < -0.4 is 10.2 Å². The third-order valence-corrected chi connectivity index (χ3v) is 4.55. The lowest BCUT2D eigenvalue weighted by Gasteiger charge is -2.16. The fourth-order valence-corrected chi connectivity index (χ4v) is 3.07. The number of nitrogens with zero attached hydrogens (tertiary/aromatic N) is 2. The third-order valence-electron chi connectivity index (χ3n) is 4.55. The lowest BCUT2D eigenvalue weighted by molar-refractivity contribution is -0.117. The molecule has 0 radical (unpaired) electrons. The fourth-order valence-electron chi connectivity index (χ4n) is 3.07. The summed E-state index contributed by atoms with van der Waals surface area (Å²) in [5.74, 6) is -0.145. The summed E-state index contributed by atoms with van der Waals surface area (Å²) in [6, 6.07) is 14.3. The molecule has 1 heterocycles. The molecule has 1 saturated heterocycles. The molecule has 6 heteroatoms. The van der Waals surface area contributed by atoms with Gasteiger partial charge in [-0.2, -0.15) is 0 Å². The van der Waals surface area contributed by atoms with E-state index in [1.54, 1.807) is 61.5 Å². The molecular weight excluding hydrogens is 342 g/mol. The highest BCUT2D eigenvalue weighted by Crippen LogP contribution is 2.21. The van der Waals surface area contributed by atoms with Gasteiger partial charge in [0, 0.05) is 50.4 Å². The summed E-state index contributed by atoms with van der Waals surface area (Å²) in [6.07, 6.45) is 1.45. The molecular formula is C21H23N3O3. The van der Waals surface area contributed by atoms with Gasteiger partial charge in [-0.05, 0) is 48.4 Å². The molecule has 1 N–H and O–H groups in total. The van der Waals surface area contributed by atoms with Crippen molar-refractivity contribution in [1.82, 2.24) is 10.2 Å². The van der Waals surface area contributed by atoms with Crippen LogP contribution in [-0.2, 0) is 11.3 Å². The third kappa shape index (κ3) is 4.34. The van der Waals surface area contributed by atoms with Crippen molar-refractivity contribution in [1.29, 1.82) is 0 Å². The van der Waals surface area contributed by atoms with Crippen molar-refractivity contribution in [2.75, 3.05) is 25.5 Å². The van der Waals surface area contributed by atoms with Gasteiger partial charge >= 0.3 is 0 Å². The summed E-state index contributed by atoms with van der Waals surface area (Å²) in [6.45, 7) is 1.06. The van der Waals surface area contributed by atoms with E-state index in [1.807, 2.05) is 6.07 Å². The summed E-state index contributed by atoms with van der Waals surface area (Å²) in [7, 11) is 3.41. The number of nitrogens with one attached hydrogen (secondary N) is 1. The maximum absolute atomic E-state index is 12.4. The Hall–Kier alpha value is -3.15. The van der Waals surface area contributed by atoms with E-state index in [2.05, 4.69) is 5.32 Å². The van der Waals surface area contributed by atoms with E-state index in [0.29, 0.717) is 24.1 Å². The lowest BCUT2D eigenvalue weighted by atomic mass is 10.1. The highest BCUT2D eigenvalue weighted by molar-refractivity contribution is 5.97. The van der Waals surface area contributed by atoms with Crippen molar-refractivity contribution in [2.45, 2.75) is 19.4 Å². The maximum atomic E-state index is 12.4. The van der Waals surface area contributed by atoms with Gasteiger partial charge < -0.3 is 15.1 Å². The molecule has 140 valence electrons. The average molecular weight is 365 g/mol. The van der Waals surface area contributed by atoms with Crippen LogP contribution >= 0.6 is 0 Å². The number of benzene rings is 2. The predicted molar refractivity (Wildman–Crippen MR) is 104 cm³/mol. The van der Waals surface area contributed by atoms with Crippen LogP contribution in [0.1, 0.15) is 39.1 Å². The Labute approximate surface area is 158 Å². The smallest absolute Gasteiger partial charge is 0.253 e. The summed E-state index contributed by atoms with van der Waals surface area (Å²) < 4.78 is 0. The highest BCUT2D eigenvalue weighted by atomic mass is 16.2. The monoisotopic (exact) mass is 365 g/mol. The first-order valence-electron chi connectivity index (χ1n) is 8.95. The number of carbonyl (C=O) groups excluding carboxylic acids is 3. The van der Waals surface area contributed by atoms with Crippen LogP contribution in [0.3, 0.4) is 0 Å². The van der Waals surface area contributed by atoms with Gasteiger partial charge in [-0.3, -0.25) is 14.4 Å². The van der Waals surface area contributed by atoms with Gasteiger partial charge in [0.2, 0.25) is 5.91 Å². The SMILES string of the molecule is CN(C)C(=O)c1cccc(CNC(=O)c2ccc(N3CCCC3=O)cc2)c1. The van der Waals surface area contributed by atoms with E-state index >= 15 is 0 Å². The van der Waals surface area contributed by atoms with Crippen LogP contribution in [0.2, 0.25) is 0 Å². The number of anilines is 1. The summed E-state index contributed by atoms with van der Waals surface area (Å²) in [5, 5.41) is 2.86. The van der Waals surface area contributed by atoms with Crippen molar-refractivity contribution in [3.63, 3.8) is 0 Å². The zero-order chi connectivity index (χ0) is 19.4. The molecule has 0 aromatic heterocycles. The molecule has 0 spiro atoms. The molecule has 6 nitrogen and oxygen atoms in total. The van der Waals surface area contributed by atoms with Gasteiger partial charge in [0.05, 0.1) is 0 Å². The Morgan fingerprint density at radius 2 is 1.81 bits per heavy atom. The Kier molecular flexibility index (Phi) is 5.54. The van der Waals surface area contributed by atoms with E-state index in [0.717, 1.165) is 24.2 Å². The molecule has 1 aliphatic heterocycles. The zero-order valence-electron chi connectivity index (χ0n) is 15.6. The van der Waals surface area contributed by atoms with Gasteiger partial charge in [0.25, 0.3) is 11.8 Å². The van der Waals surface area contributed by atoms with Crippen molar-refractivity contribution >= 4 is 23.4 Å². The summed E-state index contributed by atoms with van der Waals surface area (Å²) >= 11 is 0. The Balaban J connectivity index is 1.62. The number of amides is 3. The number of hydrogen-bond acceptors (Lipinski definition) is 3. The Morgan fingerprint density at radius 3 is 2.44 bits per heavy atom. The number of hydrogen-bond donors (Lipinski definition) is 1. The molecule has 2 aromatic rings. The number of rotatable bonds is 5. The molecule has 0 unspecified atom stereocenters. The van der Waals surface area contributed by atoms with Crippen molar-refractivity contribution in [3.05, 3.63) is 65.2 Å². The second kappa shape index (κ2) is 8.03. The standard InChI is InChI=1S/C21H23N3O3/c1-23(2)21(27)17-6-3-5-15(13-17)14-22-20(26)16-8-10-18(11-9-16)24-12-4-7-19(24)25/h3,5-6,8-11,13H,4,7,12,14H2,1-2H3,(H,22,26). The molecule has 1 fully saturated rings. The quantitative estimate of drug-likeness (QED) is 0.885. The lowest BCUT2D eigenvalue weighted by Crippen LogP contribution is -2.25. The normalized spacial score (nSPS) is 13.6. The summed E-state index contributed by atoms with van der Waals surface area (Å²) in [5.41, 5.74) is 2.80. The van der Waals surface area contributed by atoms with E-state index in [9.17, 15) is 14.4 Å². The van der Waals surface area contributed by atoms with Crippen LogP contribution in [0.25, 0.3) is 0 Å². The molecule has 2 aromatic carbocycles. The highest BCUT2D eigenvalue weighted by Gasteiger charge is 2.21. The second-order valence-corrected chi connectivity index (χ2v) is 6.78. The minimum Gasteiger partial charge on any atom is -0.348 e. The van der Waals surface area contributed by atoms with Gasteiger partial charge in [0.1, 0.15) is 0 Å². The van der Waals surface area contributed by atoms with Gasteiger partial charge in [0.15, 0.2) is 0 Å². The van der Waals surface area contributed by atoms with E-state index < -0.39 is 0 Å². The molecule has 3 rings (SSSR count). The molecule has 0 aliphatic carbocycles. The van der Waals surface area contributed by atoms with Crippen molar-refractivity contribution < 1.29 is 14.4 Å². The Morgan fingerprint density at radius 1 is 1.07 bits per heavy atom. The summed E-state index contributed by atoms with van der Waals surface area (Å²) in [4.78, 5) is 39.5. The van der Waals surface area contributed by atoms with Crippen molar-refractivity contribution in [3.8, 4) is 0 Å². The maximum Gasteiger partial charge on any atom is 0.253 e. The van der Waals surface area contributed by atoms with E-state index in [4.69, 9.17) is 0 Å². The largest absolute Gasteiger partial charge is 0.348 e. The molecule has 1 aliphatic rings. The Bertz CT molecular complexity index is 859. The fraction of sp³-hybridized carbons (Fsp3) is 0.286. The van der Waals surface area contributed by atoms with Gasteiger partial charge in [-0.15, -0.1) is 0 Å². The van der Waals surface area contributed by atoms with E-state index in [1.165, 1.54) is 4.90 Å². The number of carbonyl (C=O) groups is 3. The van der Waals surface area contributed by atoms with Crippen molar-refractivity contribution in [2.24, 2.45) is 0 Å². The van der Waals surface area contributed by atoms with Crippen LogP contribution in [0.5, 0.6) is 0 Å². The first-order valence-corrected chi connectivity index (χ1v) is 8.95. The van der Waals surface area contributed by atoms with Gasteiger partial charge in [-0.1, -0.05) is 12.1 Å². The first-order chi connectivity index (χ1) is 13.0. The van der Waals surface area contributed by atoms with Crippen LogP contribution in [0.15, 0.2) is 48.5 Å². The first kappa shape index (κ1) is 18.6. The van der Waals surface area contributed by atoms with E-state index in [-0.39, 0.29) is 17.7 Å². The molecule has 0 saturated carbocycles.